The van der Waals surface area contributed by atoms with E-state index in [1.165, 1.54) is 12.8 Å². The zero-order valence-corrected chi connectivity index (χ0v) is 14.2. The molecule has 1 saturated heterocycles. The van der Waals surface area contributed by atoms with E-state index in [1.807, 2.05) is 0 Å². The van der Waals surface area contributed by atoms with Crippen molar-refractivity contribution in [3.63, 3.8) is 0 Å². The quantitative estimate of drug-likeness (QED) is 0.788. The first-order valence-corrected chi connectivity index (χ1v) is 8.57. The van der Waals surface area contributed by atoms with Gasteiger partial charge in [0.05, 0.1) is 0 Å². The lowest BCUT2D eigenvalue weighted by atomic mass is 9.75. The van der Waals surface area contributed by atoms with Crippen molar-refractivity contribution in [1.29, 1.82) is 0 Å². The molecule has 1 saturated carbocycles. The van der Waals surface area contributed by atoms with Crippen molar-refractivity contribution in [2.24, 2.45) is 23.0 Å². The molecule has 1 aliphatic carbocycles. The van der Waals surface area contributed by atoms with Gasteiger partial charge in [-0.2, -0.15) is 0 Å². The molecule has 21 heavy (non-hydrogen) atoms. The lowest BCUT2D eigenvalue weighted by Crippen LogP contribution is -2.63. The largest absolute Gasteiger partial charge is 0.368 e. The molecule has 2 aliphatic rings. The number of amides is 1. The average Bonchev–Trinajstić information content (AvgIpc) is 3.22. The zero-order valence-electron chi connectivity index (χ0n) is 14.2. The highest BCUT2D eigenvalue weighted by atomic mass is 16.1. The fraction of sp³-hybridized carbons (Fsp3) is 0.941. The Morgan fingerprint density at radius 1 is 1.14 bits per heavy atom. The van der Waals surface area contributed by atoms with E-state index in [2.05, 4.69) is 37.9 Å². The topological polar surface area (TPSA) is 58.4 Å². The molecule has 0 radical (unpaired) electrons. The second-order valence-corrected chi connectivity index (χ2v) is 8.06. The van der Waals surface area contributed by atoms with Gasteiger partial charge in [-0.1, -0.05) is 27.7 Å². The highest BCUT2D eigenvalue weighted by molar-refractivity contribution is 5.86. The molecule has 0 aromatic heterocycles. The number of hydrogen-bond donors (Lipinski definition) is 2. The monoisotopic (exact) mass is 295 g/mol. The lowest BCUT2D eigenvalue weighted by molar-refractivity contribution is -0.126. The third-order valence-corrected chi connectivity index (χ3v) is 5.49. The van der Waals surface area contributed by atoms with Crippen LogP contribution in [0, 0.1) is 17.3 Å². The molecule has 0 spiro atoms. The molecule has 2 rings (SSSR count). The number of nitrogens with two attached hydrogens (primary N) is 1. The molecule has 0 bridgehead atoms. The molecule has 3 N–H and O–H groups in total. The van der Waals surface area contributed by atoms with Gasteiger partial charge in [0, 0.05) is 6.54 Å². The first-order valence-electron chi connectivity index (χ1n) is 8.57. The third kappa shape index (κ3) is 3.78. The fourth-order valence-electron chi connectivity index (χ4n) is 3.90. The Morgan fingerprint density at radius 3 is 2.10 bits per heavy atom. The zero-order chi connectivity index (χ0) is 15.7. The molecule has 0 aromatic carbocycles. The number of carbonyl (C=O) groups is 1. The molecule has 4 heteroatoms. The molecule has 2 fully saturated rings. The van der Waals surface area contributed by atoms with Crippen LogP contribution in [0.5, 0.6) is 0 Å². The minimum Gasteiger partial charge on any atom is -0.368 e. The summed E-state index contributed by atoms with van der Waals surface area (Å²) in [6.45, 7) is 12.9. The summed E-state index contributed by atoms with van der Waals surface area (Å²) in [7, 11) is 0. The summed E-state index contributed by atoms with van der Waals surface area (Å²) in [5.41, 5.74) is 5.68. The Kier molecular flexibility index (Phi) is 4.99. The van der Waals surface area contributed by atoms with Crippen molar-refractivity contribution in [3.05, 3.63) is 0 Å². The molecule has 0 aromatic rings. The number of nitrogens with one attached hydrogen (secondary N) is 1. The van der Waals surface area contributed by atoms with Crippen LogP contribution >= 0.6 is 0 Å². The summed E-state index contributed by atoms with van der Waals surface area (Å²) in [4.78, 5) is 14.6. The van der Waals surface area contributed by atoms with Crippen molar-refractivity contribution in [2.45, 2.75) is 58.9 Å². The number of primary amides is 1. The van der Waals surface area contributed by atoms with Gasteiger partial charge in [-0.3, -0.25) is 4.79 Å². The molecule has 1 amide bonds. The molecule has 1 unspecified atom stereocenters. The van der Waals surface area contributed by atoms with Crippen LogP contribution in [-0.4, -0.2) is 42.5 Å². The summed E-state index contributed by atoms with van der Waals surface area (Å²) in [5.74, 6) is 1.07. The predicted molar refractivity (Wildman–Crippen MR) is 86.9 cm³/mol. The minimum absolute atomic E-state index is 0.162. The third-order valence-electron chi connectivity index (χ3n) is 5.49. The van der Waals surface area contributed by atoms with Crippen LogP contribution in [0.15, 0.2) is 0 Å². The summed E-state index contributed by atoms with van der Waals surface area (Å²) in [6, 6.07) is 0. The van der Waals surface area contributed by atoms with Gasteiger partial charge in [0.15, 0.2) is 0 Å². The van der Waals surface area contributed by atoms with E-state index < -0.39 is 5.54 Å². The molecule has 4 nitrogen and oxygen atoms in total. The van der Waals surface area contributed by atoms with Crippen LogP contribution in [0.4, 0.5) is 0 Å². The molecule has 1 aliphatic heterocycles. The summed E-state index contributed by atoms with van der Waals surface area (Å²) >= 11 is 0. The van der Waals surface area contributed by atoms with Gasteiger partial charge < -0.3 is 16.0 Å². The van der Waals surface area contributed by atoms with Crippen LogP contribution in [0.25, 0.3) is 0 Å². The van der Waals surface area contributed by atoms with Crippen LogP contribution in [0.3, 0.4) is 0 Å². The van der Waals surface area contributed by atoms with Gasteiger partial charge in [-0.05, 0) is 62.6 Å². The van der Waals surface area contributed by atoms with Gasteiger partial charge in [0.1, 0.15) is 5.54 Å². The van der Waals surface area contributed by atoms with Crippen LogP contribution in [-0.2, 0) is 4.79 Å². The number of nitrogens with zero attached hydrogens (tertiary/aromatic N) is 1. The normalized spacial score (nSPS) is 24.8. The molecular formula is C17H33N3O. The second-order valence-electron chi connectivity index (χ2n) is 8.06. The second kappa shape index (κ2) is 6.25. The number of piperidine rings is 1. The SMILES string of the molecule is CCNC(CN1CCC(C(C)(C)C)CC1)(C(N)=O)C1CC1. The molecule has 1 atom stereocenters. The number of carbonyl (C=O) groups excluding carboxylic acids is 1. The smallest absolute Gasteiger partial charge is 0.239 e. The molecule has 122 valence electrons. The number of hydrogen-bond acceptors (Lipinski definition) is 3. The Labute approximate surface area is 129 Å². The summed E-state index contributed by atoms with van der Waals surface area (Å²) in [6.07, 6.45) is 4.73. The van der Waals surface area contributed by atoms with Crippen molar-refractivity contribution in [3.8, 4) is 0 Å². The van der Waals surface area contributed by atoms with Crippen molar-refractivity contribution < 1.29 is 4.79 Å². The van der Waals surface area contributed by atoms with E-state index in [4.69, 9.17) is 5.73 Å². The van der Waals surface area contributed by atoms with Crippen molar-refractivity contribution >= 4 is 5.91 Å². The standard InChI is InChI=1S/C17H33N3O/c1-5-19-17(15(18)21,14-6-7-14)12-20-10-8-13(9-11-20)16(2,3)4/h13-14,19H,5-12H2,1-4H3,(H2,18,21). The average molecular weight is 295 g/mol. The van der Waals surface area contributed by atoms with Crippen LogP contribution < -0.4 is 11.1 Å². The van der Waals surface area contributed by atoms with Gasteiger partial charge in [-0.25, -0.2) is 0 Å². The summed E-state index contributed by atoms with van der Waals surface area (Å²) in [5, 5.41) is 3.43. The number of likely N-dealkylation sites (N-methyl/N-ethyl adjacent to an activating group) is 1. The van der Waals surface area contributed by atoms with E-state index >= 15 is 0 Å². The van der Waals surface area contributed by atoms with Crippen molar-refractivity contribution in [1.82, 2.24) is 10.2 Å². The minimum atomic E-state index is -0.497. The Morgan fingerprint density at radius 2 is 1.71 bits per heavy atom. The lowest BCUT2D eigenvalue weighted by Gasteiger charge is -2.43. The van der Waals surface area contributed by atoms with Crippen LogP contribution in [0.2, 0.25) is 0 Å². The van der Waals surface area contributed by atoms with Crippen LogP contribution in [0.1, 0.15) is 53.4 Å². The van der Waals surface area contributed by atoms with E-state index in [-0.39, 0.29) is 5.91 Å². The number of rotatable bonds is 6. The predicted octanol–water partition coefficient (Wildman–Crippen LogP) is 1.99. The highest BCUT2D eigenvalue weighted by Gasteiger charge is 2.50. The first kappa shape index (κ1) is 16.8. The Hall–Kier alpha value is -0.610. The number of likely N-dealkylation sites (tertiary alicyclic amines) is 1. The van der Waals surface area contributed by atoms with E-state index in [1.54, 1.807) is 0 Å². The van der Waals surface area contributed by atoms with Gasteiger partial charge in [0.2, 0.25) is 5.91 Å². The Bertz CT molecular complexity index is 365. The first-order chi connectivity index (χ1) is 9.79. The van der Waals surface area contributed by atoms with Gasteiger partial charge in [-0.15, -0.1) is 0 Å². The van der Waals surface area contributed by atoms with E-state index in [0.29, 0.717) is 11.3 Å². The van der Waals surface area contributed by atoms with Gasteiger partial charge >= 0.3 is 0 Å². The molecule has 1 heterocycles. The maximum absolute atomic E-state index is 12.1. The maximum atomic E-state index is 12.1. The fourth-order valence-corrected chi connectivity index (χ4v) is 3.90. The highest BCUT2D eigenvalue weighted by Crippen LogP contribution is 2.41. The van der Waals surface area contributed by atoms with Gasteiger partial charge in [0.25, 0.3) is 0 Å². The maximum Gasteiger partial charge on any atom is 0.239 e. The van der Waals surface area contributed by atoms with Crippen molar-refractivity contribution in [2.75, 3.05) is 26.2 Å². The Balaban J connectivity index is 1.98. The summed E-state index contributed by atoms with van der Waals surface area (Å²) < 4.78 is 0. The molecular weight excluding hydrogens is 262 g/mol. The van der Waals surface area contributed by atoms with E-state index in [9.17, 15) is 4.79 Å². The van der Waals surface area contributed by atoms with E-state index in [0.717, 1.165) is 44.9 Å².